The van der Waals surface area contributed by atoms with Crippen LogP contribution in [0.3, 0.4) is 0 Å². The predicted octanol–water partition coefficient (Wildman–Crippen LogP) is 2.92. The number of benzene rings is 1. The molecule has 20 heavy (non-hydrogen) atoms. The molecular formula is C14H15ClFN3O. The summed E-state index contributed by atoms with van der Waals surface area (Å²) >= 11 is 6.00. The summed E-state index contributed by atoms with van der Waals surface area (Å²) in [6.07, 6.45) is 1.44. The number of rotatable bonds is 3. The summed E-state index contributed by atoms with van der Waals surface area (Å²) in [5.41, 5.74) is 0.790. The Morgan fingerprint density at radius 2 is 2.35 bits per heavy atom. The first-order valence-corrected chi connectivity index (χ1v) is 7.01. The van der Waals surface area contributed by atoms with E-state index in [4.69, 9.17) is 16.1 Å². The number of aromatic nitrogens is 2. The third-order valence-corrected chi connectivity index (χ3v) is 4.04. The molecular weight excluding hydrogens is 281 g/mol. The lowest BCUT2D eigenvalue weighted by Gasteiger charge is -2.08. The fourth-order valence-electron chi connectivity index (χ4n) is 2.52. The van der Waals surface area contributed by atoms with E-state index in [1.165, 1.54) is 12.1 Å². The van der Waals surface area contributed by atoms with Gasteiger partial charge in [-0.25, -0.2) is 4.39 Å². The van der Waals surface area contributed by atoms with Crippen LogP contribution in [0.25, 0.3) is 0 Å². The number of nitrogens with one attached hydrogen (secondary N) is 1. The Hall–Kier alpha value is -1.46. The van der Waals surface area contributed by atoms with E-state index in [2.05, 4.69) is 22.4 Å². The molecule has 1 aliphatic heterocycles. The van der Waals surface area contributed by atoms with E-state index in [1.54, 1.807) is 6.07 Å². The fraction of sp³-hybridized carbons (Fsp3) is 0.429. The van der Waals surface area contributed by atoms with Crippen molar-refractivity contribution >= 4 is 11.6 Å². The van der Waals surface area contributed by atoms with Gasteiger partial charge in [0.1, 0.15) is 5.82 Å². The van der Waals surface area contributed by atoms with E-state index in [1.807, 2.05) is 0 Å². The van der Waals surface area contributed by atoms with Gasteiger partial charge in [-0.1, -0.05) is 22.8 Å². The van der Waals surface area contributed by atoms with Crippen molar-refractivity contribution in [2.24, 2.45) is 0 Å². The van der Waals surface area contributed by atoms with Gasteiger partial charge in [0.25, 0.3) is 0 Å². The van der Waals surface area contributed by atoms with Crippen LogP contribution in [0, 0.1) is 5.82 Å². The van der Waals surface area contributed by atoms with Crippen LogP contribution in [0.4, 0.5) is 4.39 Å². The van der Waals surface area contributed by atoms with Gasteiger partial charge in [0.05, 0.1) is 5.92 Å². The molecule has 1 aromatic heterocycles. The van der Waals surface area contributed by atoms with Crippen LogP contribution in [0.5, 0.6) is 0 Å². The molecule has 1 fully saturated rings. The maximum Gasteiger partial charge on any atom is 0.231 e. The largest absolute Gasteiger partial charge is 0.339 e. The zero-order valence-corrected chi connectivity index (χ0v) is 11.8. The van der Waals surface area contributed by atoms with Crippen molar-refractivity contribution in [3.05, 3.63) is 46.3 Å². The number of hydrogen-bond donors (Lipinski definition) is 1. The SMILES string of the molecule is CC1NCCC1c1nc(Cc2ccc(F)cc2Cl)no1. The van der Waals surface area contributed by atoms with Crippen molar-refractivity contribution in [2.45, 2.75) is 31.7 Å². The minimum Gasteiger partial charge on any atom is -0.339 e. The van der Waals surface area contributed by atoms with Crippen molar-refractivity contribution in [1.29, 1.82) is 0 Å². The first-order valence-electron chi connectivity index (χ1n) is 6.63. The highest BCUT2D eigenvalue weighted by atomic mass is 35.5. The molecule has 1 aromatic carbocycles. The minimum absolute atomic E-state index is 0.264. The molecule has 106 valence electrons. The molecule has 1 aliphatic rings. The second-order valence-corrected chi connectivity index (χ2v) is 5.51. The van der Waals surface area contributed by atoms with Gasteiger partial charge in [-0.15, -0.1) is 0 Å². The fourth-order valence-corrected chi connectivity index (χ4v) is 2.76. The zero-order chi connectivity index (χ0) is 14.1. The Morgan fingerprint density at radius 1 is 1.50 bits per heavy atom. The molecule has 0 spiro atoms. The Balaban J connectivity index is 1.77. The Labute approximate surface area is 121 Å². The van der Waals surface area contributed by atoms with E-state index in [0.29, 0.717) is 29.2 Å². The van der Waals surface area contributed by atoms with Crippen LogP contribution in [-0.4, -0.2) is 22.7 Å². The molecule has 0 amide bonds. The lowest BCUT2D eigenvalue weighted by atomic mass is 10.0. The molecule has 0 bridgehead atoms. The highest BCUT2D eigenvalue weighted by Crippen LogP contribution is 2.27. The monoisotopic (exact) mass is 295 g/mol. The van der Waals surface area contributed by atoms with Gasteiger partial charge in [0.2, 0.25) is 5.89 Å². The van der Waals surface area contributed by atoms with Crippen LogP contribution in [0.15, 0.2) is 22.7 Å². The van der Waals surface area contributed by atoms with Gasteiger partial charge in [-0.05, 0) is 37.6 Å². The van der Waals surface area contributed by atoms with Gasteiger partial charge in [0.15, 0.2) is 5.82 Å². The van der Waals surface area contributed by atoms with Crippen molar-refractivity contribution in [3.63, 3.8) is 0 Å². The number of halogens is 2. The third-order valence-electron chi connectivity index (χ3n) is 3.69. The van der Waals surface area contributed by atoms with Gasteiger partial charge in [-0.2, -0.15) is 4.98 Å². The maximum absolute atomic E-state index is 13.0. The quantitative estimate of drug-likeness (QED) is 0.946. The van der Waals surface area contributed by atoms with Crippen LogP contribution < -0.4 is 5.32 Å². The normalized spacial score (nSPS) is 22.4. The summed E-state index contributed by atoms with van der Waals surface area (Å²) < 4.78 is 18.3. The second kappa shape index (κ2) is 5.50. The van der Waals surface area contributed by atoms with Crippen molar-refractivity contribution in [2.75, 3.05) is 6.54 Å². The smallest absolute Gasteiger partial charge is 0.231 e. The zero-order valence-electron chi connectivity index (χ0n) is 11.1. The van der Waals surface area contributed by atoms with Crippen molar-refractivity contribution in [1.82, 2.24) is 15.5 Å². The molecule has 1 saturated heterocycles. The van der Waals surface area contributed by atoms with Gasteiger partial charge in [0, 0.05) is 17.5 Å². The lowest BCUT2D eigenvalue weighted by Crippen LogP contribution is -2.21. The molecule has 0 aliphatic carbocycles. The average Bonchev–Trinajstić information content (AvgIpc) is 3.01. The van der Waals surface area contributed by atoms with E-state index >= 15 is 0 Å². The molecule has 0 saturated carbocycles. The molecule has 1 N–H and O–H groups in total. The standard InChI is InChI=1S/C14H15ClFN3O/c1-8-11(4-5-17-8)14-18-13(19-20-14)6-9-2-3-10(16)7-12(9)15/h2-3,7-8,11,17H,4-6H2,1H3. The van der Waals surface area contributed by atoms with Crippen molar-refractivity contribution in [3.8, 4) is 0 Å². The summed E-state index contributed by atoms with van der Waals surface area (Å²) in [6.45, 7) is 3.08. The number of nitrogens with zero attached hydrogens (tertiary/aromatic N) is 2. The highest BCUT2D eigenvalue weighted by molar-refractivity contribution is 6.31. The first kappa shape index (κ1) is 13.5. The van der Waals surface area contributed by atoms with Gasteiger partial charge < -0.3 is 9.84 Å². The molecule has 2 unspecified atom stereocenters. The summed E-state index contributed by atoms with van der Waals surface area (Å²) in [4.78, 5) is 4.43. The molecule has 2 aromatic rings. The van der Waals surface area contributed by atoms with Gasteiger partial charge in [-0.3, -0.25) is 0 Å². The predicted molar refractivity (Wildman–Crippen MR) is 73.3 cm³/mol. The third kappa shape index (κ3) is 2.69. The van der Waals surface area contributed by atoms with Crippen LogP contribution in [0.2, 0.25) is 5.02 Å². The summed E-state index contributed by atoms with van der Waals surface area (Å²) in [5, 5.41) is 7.72. The lowest BCUT2D eigenvalue weighted by molar-refractivity contribution is 0.342. The van der Waals surface area contributed by atoms with E-state index in [9.17, 15) is 4.39 Å². The summed E-state index contributed by atoms with van der Waals surface area (Å²) in [5.74, 6) is 1.15. The van der Waals surface area contributed by atoms with E-state index in [0.717, 1.165) is 18.5 Å². The Morgan fingerprint density at radius 3 is 3.05 bits per heavy atom. The van der Waals surface area contributed by atoms with Crippen molar-refractivity contribution < 1.29 is 8.91 Å². The highest BCUT2D eigenvalue weighted by Gasteiger charge is 2.29. The first-order chi connectivity index (χ1) is 9.63. The second-order valence-electron chi connectivity index (χ2n) is 5.10. The van der Waals surface area contributed by atoms with Gasteiger partial charge >= 0.3 is 0 Å². The molecule has 0 radical (unpaired) electrons. The van der Waals surface area contributed by atoms with Crippen LogP contribution in [0.1, 0.15) is 36.5 Å². The molecule has 2 atom stereocenters. The minimum atomic E-state index is -0.349. The van der Waals surface area contributed by atoms with E-state index < -0.39 is 0 Å². The topological polar surface area (TPSA) is 51.0 Å². The molecule has 6 heteroatoms. The Bertz CT molecular complexity index is 616. The molecule has 3 rings (SSSR count). The number of hydrogen-bond acceptors (Lipinski definition) is 4. The average molecular weight is 296 g/mol. The van der Waals surface area contributed by atoms with Crippen LogP contribution in [-0.2, 0) is 6.42 Å². The van der Waals surface area contributed by atoms with E-state index in [-0.39, 0.29) is 11.7 Å². The maximum atomic E-state index is 13.0. The summed E-state index contributed by atoms with van der Waals surface area (Å²) in [7, 11) is 0. The van der Waals surface area contributed by atoms with Crippen LogP contribution >= 0.6 is 11.6 Å². The molecule has 2 heterocycles. The molecule has 4 nitrogen and oxygen atoms in total. The Kier molecular flexibility index (Phi) is 3.72. The summed E-state index contributed by atoms with van der Waals surface area (Å²) in [6, 6.07) is 4.66.